The van der Waals surface area contributed by atoms with Crippen molar-refractivity contribution in [3.05, 3.63) is 59.7 Å². The molecule has 2 rings (SSSR count). The fourth-order valence-electron chi connectivity index (χ4n) is 2.17. The first kappa shape index (κ1) is 14.6. The lowest BCUT2D eigenvalue weighted by Crippen LogP contribution is -2.32. The largest absolute Gasteiger partial charge is 0.279 e. The Morgan fingerprint density at radius 2 is 1.35 bits per heavy atom. The van der Waals surface area contributed by atoms with Gasteiger partial charge < -0.3 is 0 Å². The molecule has 0 fully saturated rings. The Labute approximate surface area is 125 Å². The zero-order valence-corrected chi connectivity index (χ0v) is 12.7. The number of halogens is 1. The van der Waals surface area contributed by atoms with Crippen molar-refractivity contribution >= 4 is 28.9 Å². The van der Waals surface area contributed by atoms with Crippen LogP contribution in [0.15, 0.2) is 48.5 Å². The lowest BCUT2D eigenvalue weighted by atomic mass is 10.1. The van der Waals surface area contributed by atoms with E-state index < -0.39 is 5.38 Å². The number of carbonyl (C=O) groups is 1. The van der Waals surface area contributed by atoms with E-state index in [4.69, 9.17) is 11.6 Å². The van der Waals surface area contributed by atoms with Crippen molar-refractivity contribution in [3.8, 4) is 0 Å². The number of amides is 1. The number of anilines is 2. The summed E-state index contributed by atoms with van der Waals surface area (Å²) in [6.07, 6.45) is 0. The molecule has 2 aromatic rings. The van der Waals surface area contributed by atoms with Gasteiger partial charge in [-0.2, -0.15) is 0 Å². The summed E-state index contributed by atoms with van der Waals surface area (Å²) in [5.74, 6) is -0.115. The third kappa shape index (κ3) is 2.86. The van der Waals surface area contributed by atoms with Gasteiger partial charge >= 0.3 is 0 Å². The molecule has 0 radical (unpaired) electrons. The second-order valence-electron chi connectivity index (χ2n) is 4.86. The third-order valence-corrected chi connectivity index (χ3v) is 3.46. The predicted molar refractivity (Wildman–Crippen MR) is 84.8 cm³/mol. The van der Waals surface area contributed by atoms with Crippen LogP contribution < -0.4 is 4.90 Å². The average molecular weight is 288 g/mol. The van der Waals surface area contributed by atoms with Gasteiger partial charge in [0.05, 0.1) is 11.4 Å². The van der Waals surface area contributed by atoms with E-state index in [9.17, 15) is 4.79 Å². The summed E-state index contributed by atoms with van der Waals surface area (Å²) in [6, 6.07) is 15.7. The standard InChI is InChI=1S/C17H18ClNO/c1-12-8-4-6-10-15(12)19(17(20)14(3)18)16-11-7-5-9-13(16)2/h4-11,14H,1-3H3. The average Bonchev–Trinajstić information content (AvgIpc) is 2.43. The molecule has 0 aliphatic rings. The predicted octanol–water partition coefficient (Wildman–Crippen LogP) is 4.60. The smallest absolute Gasteiger partial charge is 0.249 e. The van der Waals surface area contributed by atoms with Crippen LogP contribution in [-0.4, -0.2) is 11.3 Å². The van der Waals surface area contributed by atoms with E-state index >= 15 is 0 Å². The van der Waals surface area contributed by atoms with Gasteiger partial charge in [0, 0.05) is 0 Å². The van der Waals surface area contributed by atoms with Gasteiger partial charge in [-0.1, -0.05) is 36.4 Å². The topological polar surface area (TPSA) is 20.3 Å². The number of para-hydroxylation sites is 2. The number of hydrogen-bond acceptors (Lipinski definition) is 1. The van der Waals surface area contributed by atoms with E-state index in [0.29, 0.717) is 0 Å². The van der Waals surface area contributed by atoms with Crippen LogP contribution in [0.4, 0.5) is 11.4 Å². The van der Waals surface area contributed by atoms with Gasteiger partial charge in [-0.25, -0.2) is 0 Å². The molecule has 3 heteroatoms. The fraction of sp³-hybridized carbons (Fsp3) is 0.235. The first-order valence-corrected chi connectivity index (χ1v) is 7.05. The number of carbonyl (C=O) groups excluding carboxylic acids is 1. The summed E-state index contributed by atoms with van der Waals surface area (Å²) in [7, 11) is 0. The Bertz CT molecular complexity index is 576. The molecule has 0 N–H and O–H groups in total. The molecular weight excluding hydrogens is 270 g/mol. The van der Waals surface area contributed by atoms with Crippen molar-refractivity contribution < 1.29 is 4.79 Å². The molecule has 0 aliphatic carbocycles. The molecule has 0 heterocycles. The Morgan fingerprint density at radius 3 is 1.70 bits per heavy atom. The molecule has 1 unspecified atom stereocenters. The summed E-state index contributed by atoms with van der Waals surface area (Å²) in [6.45, 7) is 5.69. The lowest BCUT2D eigenvalue weighted by molar-refractivity contribution is -0.117. The highest BCUT2D eigenvalue weighted by Gasteiger charge is 2.24. The van der Waals surface area contributed by atoms with E-state index in [1.54, 1.807) is 11.8 Å². The number of hydrogen-bond donors (Lipinski definition) is 0. The minimum atomic E-state index is -0.575. The molecule has 0 spiro atoms. The first-order valence-electron chi connectivity index (χ1n) is 6.61. The Kier molecular flexibility index (Phi) is 4.46. The van der Waals surface area contributed by atoms with Gasteiger partial charge in [0.1, 0.15) is 5.38 Å². The Morgan fingerprint density at radius 1 is 0.950 bits per heavy atom. The van der Waals surface area contributed by atoms with Gasteiger partial charge in [-0.05, 0) is 44.0 Å². The molecule has 2 nitrogen and oxygen atoms in total. The number of rotatable bonds is 3. The summed E-state index contributed by atoms with van der Waals surface area (Å²) >= 11 is 6.04. The molecular formula is C17H18ClNO. The van der Waals surface area contributed by atoms with Gasteiger partial charge in [0.15, 0.2) is 0 Å². The molecule has 0 aromatic heterocycles. The SMILES string of the molecule is Cc1ccccc1N(C(=O)C(C)Cl)c1ccccc1C. The molecule has 20 heavy (non-hydrogen) atoms. The molecule has 0 saturated heterocycles. The monoisotopic (exact) mass is 287 g/mol. The van der Waals surface area contributed by atoms with Crippen LogP contribution in [0, 0.1) is 13.8 Å². The van der Waals surface area contributed by atoms with Gasteiger partial charge in [0.2, 0.25) is 5.91 Å². The normalized spacial score (nSPS) is 12.0. The van der Waals surface area contributed by atoms with Crippen molar-refractivity contribution in [3.63, 3.8) is 0 Å². The fourth-order valence-corrected chi connectivity index (χ4v) is 2.27. The molecule has 1 amide bonds. The van der Waals surface area contributed by atoms with E-state index in [-0.39, 0.29) is 5.91 Å². The van der Waals surface area contributed by atoms with Crippen molar-refractivity contribution in [2.75, 3.05) is 4.90 Å². The number of nitrogens with zero attached hydrogens (tertiary/aromatic N) is 1. The van der Waals surface area contributed by atoms with E-state index in [0.717, 1.165) is 22.5 Å². The lowest BCUT2D eigenvalue weighted by Gasteiger charge is -2.27. The van der Waals surface area contributed by atoms with Crippen LogP contribution in [0.2, 0.25) is 0 Å². The second kappa shape index (κ2) is 6.10. The van der Waals surface area contributed by atoms with Crippen molar-refractivity contribution in [2.45, 2.75) is 26.1 Å². The molecule has 1 atom stereocenters. The van der Waals surface area contributed by atoms with E-state index in [1.807, 2.05) is 62.4 Å². The van der Waals surface area contributed by atoms with Crippen LogP contribution in [0.25, 0.3) is 0 Å². The molecule has 0 bridgehead atoms. The quantitative estimate of drug-likeness (QED) is 0.756. The van der Waals surface area contributed by atoms with E-state index in [1.165, 1.54) is 0 Å². The summed E-state index contributed by atoms with van der Waals surface area (Å²) in [4.78, 5) is 14.3. The molecule has 0 aliphatic heterocycles. The minimum Gasteiger partial charge on any atom is -0.279 e. The molecule has 104 valence electrons. The first-order chi connectivity index (χ1) is 9.52. The van der Waals surface area contributed by atoms with Gasteiger partial charge in [-0.15, -0.1) is 11.6 Å². The maximum atomic E-state index is 12.5. The summed E-state index contributed by atoms with van der Waals surface area (Å²) in [5, 5.41) is -0.575. The van der Waals surface area contributed by atoms with Crippen LogP contribution in [0.3, 0.4) is 0 Å². The van der Waals surface area contributed by atoms with E-state index in [2.05, 4.69) is 0 Å². The Balaban J connectivity index is 2.60. The maximum Gasteiger partial charge on any atom is 0.249 e. The van der Waals surface area contributed by atoms with Crippen molar-refractivity contribution in [2.24, 2.45) is 0 Å². The Hall–Kier alpha value is -1.80. The van der Waals surface area contributed by atoms with Crippen LogP contribution >= 0.6 is 11.6 Å². The van der Waals surface area contributed by atoms with Gasteiger partial charge in [0.25, 0.3) is 0 Å². The zero-order valence-electron chi connectivity index (χ0n) is 11.9. The summed E-state index contributed by atoms with van der Waals surface area (Å²) in [5.41, 5.74) is 3.83. The van der Waals surface area contributed by atoms with Crippen molar-refractivity contribution in [1.82, 2.24) is 0 Å². The third-order valence-electron chi connectivity index (χ3n) is 3.27. The maximum absolute atomic E-state index is 12.5. The highest BCUT2D eigenvalue weighted by Crippen LogP contribution is 2.31. The highest BCUT2D eigenvalue weighted by atomic mass is 35.5. The molecule has 2 aromatic carbocycles. The van der Waals surface area contributed by atoms with Gasteiger partial charge in [-0.3, -0.25) is 9.69 Å². The van der Waals surface area contributed by atoms with Crippen LogP contribution in [-0.2, 0) is 4.79 Å². The van der Waals surface area contributed by atoms with Crippen molar-refractivity contribution in [1.29, 1.82) is 0 Å². The highest BCUT2D eigenvalue weighted by molar-refractivity contribution is 6.33. The molecule has 0 saturated carbocycles. The summed E-state index contributed by atoms with van der Waals surface area (Å²) < 4.78 is 0. The number of alkyl halides is 1. The zero-order chi connectivity index (χ0) is 14.7. The van der Waals surface area contributed by atoms with Crippen LogP contribution in [0.5, 0.6) is 0 Å². The minimum absolute atomic E-state index is 0.115. The van der Waals surface area contributed by atoms with Crippen LogP contribution in [0.1, 0.15) is 18.1 Å². The second-order valence-corrected chi connectivity index (χ2v) is 5.52. The number of aryl methyl sites for hydroxylation is 2. The number of benzene rings is 2.